The minimum absolute atomic E-state index is 0.116. The van der Waals surface area contributed by atoms with E-state index in [0.717, 1.165) is 11.3 Å². The largest absolute Gasteiger partial charge is 0.395 e. The molecule has 1 unspecified atom stereocenters. The second-order valence-electron chi connectivity index (χ2n) is 7.69. The molecule has 8 nitrogen and oxygen atoms in total. The van der Waals surface area contributed by atoms with E-state index in [0.29, 0.717) is 17.1 Å². The number of aryl methyl sites for hydroxylation is 1. The third-order valence-electron chi connectivity index (χ3n) is 5.03. The van der Waals surface area contributed by atoms with Crippen LogP contribution in [0.25, 0.3) is 5.69 Å². The van der Waals surface area contributed by atoms with Gasteiger partial charge in [-0.1, -0.05) is 44.2 Å². The van der Waals surface area contributed by atoms with Gasteiger partial charge in [0.25, 0.3) is 0 Å². The predicted octanol–water partition coefficient (Wildman–Crippen LogP) is 2.83. The number of ether oxygens (including phenoxy) is 1. The molecule has 1 aliphatic rings. The molecule has 2 aromatic rings. The van der Waals surface area contributed by atoms with E-state index in [-0.39, 0.29) is 23.7 Å². The molecule has 30 heavy (non-hydrogen) atoms. The minimum atomic E-state index is -0.684. The van der Waals surface area contributed by atoms with Crippen LogP contribution in [0.2, 0.25) is 5.02 Å². The highest BCUT2D eigenvalue weighted by Crippen LogP contribution is 2.31. The van der Waals surface area contributed by atoms with Crippen molar-refractivity contribution in [1.29, 1.82) is 0 Å². The maximum atomic E-state index is 12.1. The molecule has 9 heteroatoms. The van der Waals surface area contributed by atoms with Crippen molar-refractivity contribution in [2.24, 2.45) is 5.73 Å². The standard InChI is InChI=1S/C12H13ClN4O3.C9H18O/c1-7-15-17(12(20)16(7)4-5-18)8-2-3-10(13)9(6-8)11(14)19;1-3-4-5-6-7-9(2)8-10-9/h2-3,6,18H,4-5H2,1H3,(H2,14,19);3-8H2,1-2H3. The molecule has 1 aliphatic heterocycles. The van der Waals surface area contributed by atoms with Gasteiger partial charge in [0.15, 0.2) is 0 Å². The van der Waals surface area contributed by atoms with Gasteiger partial charge in [0.1, 0.15) is 5.82 Å². The molecule has 1 fully saturated rings. The summed E-state index contributed by atoms with van der Waals surface area (Å²) in [5.74, 6) is -0.226. The van der Waals surface area contributed by atoms with E-state index >= 15 is 0 Å². The number of primary amides is 1. The summed E-state index contributed by atoms with van der Waals surface area (Å²) < 4.78 is 7.74. The van der Waals surface area contributed by atoms with E-state index in [1.165, 1.54) is 48.8 Å². The van der Waals surface area contributed by atoms with Gasteiger partial charge in [0.05, 0.1) is 41.6 Å². The van der Waals surface area contributed by atoms with Crippen molar-refractivity contribution < 1.29 is 14.6 Å². The number of epoxide rings is 1. The third kappa shape index (κ3) is 6.42. The van der Waals surface area contributed by atoms with Crippen molar-refractivity contribution in [2.45, 2.75) is 65.0 Å². The second-order valence-corrected chi connectivity index (χ2v) is 8.10. The molecule has 1 saturated heterocycles. The highest BCUT2D eigenvalue weighted by molar-refractivity contribution is 6.33. The number of benzene rings is 1. The quantitative estimate of drug-likeness (QED) is 0.461. The summed E-state index contributed by atoms with van der Waals surface area (Å²) in [6.07, 6.45) is 6.72. The number of amides is 1. The number of rotatable bonds is 9. The normalized spacial score (nSPS) is 17.4. The topological polar surface area (TPSA) is 116 Å². The molecule has 3 N–H and O–H groups in total. The van der Waals surface area contributed by atoms with Crippen molar-refractivity contribution in [3.8, 4) is 5.69 Å². The monoisotopic (exact) mass is 438 g/mol. The SMILES string of the molecule is CCCCCCC1(C)CO1.Cc1nn(-c2ccc(Cl)c(C(N)=O)c2)c(=O)n1CCO. The highest BCUT2D eigenvalue weighted by atomic mass is 35.5. The van der Waals surface area contributed by atoms with E-state index in [2.05, 4.69) is 18.9 Å². The van der Waals surface area contributed by atoms with Crippen LogP contribution in [0.1, 0.15) is 62.1 Å². The highest BCUT2D eigenvalue weighted by Gasteiger charge is 2.37. The number of nitrogens with zero attached hydrogens (tertiary/aromatic N) is 3. The first-order valence-electron chi connectivity index (χ1n) is 10.2. The summed E-state index contributed by atoms with van der Waals surface area (Å²) >= 11 is 5.86. The fourth-order valence-electron chi connectivity index (χ4n) is 3.05. The van der Waals surface area contributed by atoms with Crippen LogP contribution in [0.5, 0.6) is 0 Å². The Morgan fingerprint density at radius 3 is 2.63 bits per heavy atom. The molecule has 2 heterocycles. The Bertz CT molecular complexity index is 918. The summed E-state index contributed by atoms with van der Waals surface area (Å²) in [6, 6.07) is 4.44. The van der Waals surface area contributed by atoms with Gasteiger partial charge in [-0.2, -0.15) is 9.78 Å². The molecule has 1 atom stereocenters. The number of unbranched alkanes of at least 4 members (excludes halogenated alkanes) is 3. The summed E-state index contributed by atoms with van der Waals surface area (Å²) in [7, 11) is 0. The Morgan fingerprint density at radius 2 is 2.07 bits per heavy atom. The van der Waals surface area contributed by atoms with Gasteiger partial charge in [-0.3, -0.25) is 9.36 Å². The summed E-state index contributed by atoms with van der Waals surface area (Å²) in [5, 5.41) is 13.2. The first-order valence-corrected chi connectivity index (χ1v) is 10.6. The zero-order valence-corrected chi connectivity index (χ0v) is 18.6. The molecule has 1 amide bonds. The molecule has 3 rings (SSSR count). The number of hydrogen-bond donors (Lipinski definition) is 2. The van der Waals surface area contributed by atoms with Crippen molar-refractivity contribution in [3.63, 3.8) is 0 Å². The predicted molar refractivity (Wildman–Crippen MR) is 116 cm³/mol. The molecule has 0 saturated carbocycles. The van der Waals surface area contributed by atoms with Crippen LogP contribution >= 0.6 is 11.6 Å². The van der Waals surface area contributed by atoms with Crippen LogP contribution < -0.4 is 11.4 Å². The molecule has 0 radical (unpaired) electrons. The van der Waals surface area contributed by atoms with Gasteiger partial charge < -0.3 is 15.6 Å². The van der Waals surface area contributed by atoms with Crippen molar-refractivity contribution in [2.75, 3.05) is 13.2 Å². The van der Waals surface area contributed by atoms with Crippen molar-refractivity contribution in [1.82, 2.24) is 14.3 Å². The van der Waals surface area contributed by atoms with Crippen LogP contribution in [0.15, 0.2) is 23.0 Å². The molecular formula is C21H31ClN4O4. The smallest absolute Gasteiger partial charge is 0.350 e. The lowest BCUT2D eigenvalue weighted by molar-refractivity contribution is 0.100. The first-order chi connectivity index (χ1) is 14.2. The van der Waals surface area contributed by atoms with Gasteiger partial charge >= 0.3 is 5.69 Å². The van der Waals surface area contributed by atoms with Crippen molar-refractivity contribution in [3.05, 3.63) is 45.1 Å². The zero-order chi connectivity index (χ0) is 22.3. The van der Waals surface area contributed by atoms with E-state index in [9.17, 15) is 9.59 Å². The number of hydrogen-bond acceptors (Lipinski definition) is 5. The average molecular weight is 439 g/mol. The summed E-state index contributed by atoms with van der Waals surface area (Å²) in [5.41, 5.74) is 5.60. The summed E-state index contributed by atoms with van der Waals surface area (Å²) in [4.78, 5) is 23.4. The number of carbonyl (C=O) groups excluding carboxylic acids is 1. The maximum absolute atomic E-state index is 12.1. The van der Waals surface area contributed by atoms with Crippen LogP contribution in [-0.2, 0) is 11.3 Å². The maximum Gasteiger partial charge on any atom is 0.350 e. The Labute approximate surface area is 181 Å². The zero-order valence-electron chi connectivity index (χ0n) is 17.9. The number of aliphatic hydroxyl groups excluding tert-OH is 1. The number of nitrogens with two attached hydrogens (primary N) is 1. The van der Waals surface area contributed by atoms with Gasteiger partial charge in [0, 0.05) is 0 Å². The van der Waals surface area contributed by atoms with Gasteiger partial charge in [-0.15, -0.1) is 0 Å². The van der Waals surface area contributed by atoms with Crippen LogP contribution in [0, 0.1) is 6.92 Å². The van der Waals surface area contributed by atoms with Gasteiger partial charge in [0.2, 0.25) is 5.91 Å². The van der Waals surface area contributed by atoms with E-state index in [1.54, 1.807) is 13.0 Å². The third-order valence-corrected chi connectivity index (χ3v) is 5.36. The Morgan fingerprint density at radius 1 is 1.37 bits per heavy atom. The average Bonchev–Trinajstić information content (AvgIpc) is 3.38. The molecule has 166 valence electrons. The molecule has 0 spiro atoms. The van der Waals surface area contributed by atoms with Crippen LogP contribution in [-0.4, -0.2) is 44.2 Å². The van der Waals surface area contributed by atoms with Gasteiger partial charge in [-0.05, 0) is 38.5 Å². The van der Waals surface area contributed by atoms with Gasteiger partial charge in [-0.25, -0.2) is 4.79 Å². The molecular weight excluding hydrogens is 408 g/mol. The van der Waals surface area contributed by atoms with Crippen molar-refractivity contribution >= 4 is 17.5 Å². The molecule has 1 aromatic carbocycles. The lowest BCUT2D eigenvalue weighted by atomic mass is 10.0. The number of aliphatic hydroxyl groups is 1. The number of aromatic nitrogens is 3. The van der Waals surface area contributed by atoms with E-state index in [4.69, 9.17) is 27.2 Å². The van der Waals surface area contributed by atoms with Crippen LogP contribution in [0.3, 0.4) is 0 Å². The Kier molecular flexibility index (Phi) is 8.64. The number of halogens is 1. The number of carbonyl (C=O) groups is 1. The first kappa shape index (κ1) is 24.1. The van der Waals surface area contributed by atoms with E-state index in [1.807, 2.05) is 0 Å². The molecule has 0 bridgehead atoms. The Hall–Kier alpha value is -2.16. The minimum Gasteiger partial charge on any atom is -0.395 e. The van der Waals surface area contributed by atoms with Crippen LogP contribution in [0.4, 0.5) is 0 Å². The summed E-state index contributed by atoms with van der Waals surface area (Å²) in [6.45, 7) is 7.09. The Balaban J connectivity index is 0.000000269. The lowest BCUT2D eigenvalue weighted by Gasteiger charge is -2.04. The second kappa shape index (κ2) is 10.7. The van der Waals surface area contributed by atoms with E-state index < -0.39 is 11.6 Å². The fourth-order valence-corrected chi connectivity index (χ4v) is 3.26. The molecule has 0 aliphatic carbocycles. The fraction of sp³-hybridized carbons (Fsp3) is 0.571. The molecule has 1 aromatic heterocycles. The lowest BCUT2D eigenvalue weighted by Crippen LogP contribution is -2.25.